The molecule has 42 heavy (non-hydrogen) atoms. The maximum absolute atomic E-state index is 12.4. The number of rotatable bonds is 0. The van der Waals surface area contributed by atoms with Gasteiger partial charge in [-0.2, -0.15) is 0 Å². The van der Waals surface area contributed by atoms with Gasteiger partial charge in [-0.05, 0) is 174 Å². The van der Waals surface area contributed by atoms with E-state index in [0.29, 0.717) is 22.9 Å². The summed E-state index contributed by atoms with van der Waals surface area (Å²) in [4.78, 5) is 24.7. The second-order valence-corrected chi connectivity index (χ2v) is 18.9. The van der Waals surface area contributed by atoms with Crippen LogP contribution in [0.3, 0.4) is 0 Å². The molecular formula is C39H62O3. The molecule has 0 aromatic heterocycles. The Morgan fingerprint density at radius 3 is 1.48 bits per heavy atom. The van der Waals surface area contributed by atoms with E-state index >= 15 is 0 Å². The molecule has 1 N–H and O–H groups in total. The summed E-state index contributed by atoms with van der Waals surface area (Å²) in [6.07, 6.45) is 22.1. The van der Waals surface area contributed by atoms with Crippen molar-refractivity contribution in [1.29, 1.82) is 0 Å². The van der Waals surface area contributed by atoms with Crippen LogP contribution in [0.4, 0.5) is 0 Å². The molecule has 0 saturated heterocycles. The van der Waals surface area contributed by atoms with E-state index in [1.165, 1.54) is 77.0 Å². The highest BCUT2D eigenvalue weighted by molar-refractivity contribution is 5.87. The molecule has 3 nitrogen and oxygen atoms in total. The summed E-state index contributed by atoms with van der Waals surface area (Å²) in [5.74, 6) is 9.64. The molecule has 8 aliphatic carbocycles. The minimum Gasteiger partial charge on any atom is -0.390 e. The third kappa shape index (κ3) is 4.83. The normalized spacial score (nSPS) is 54.2. The van der Waals surface area contributed by atoms with Gasteiger partial charge in [-0.1, -0.05) is 27.7 Å². The van der Waals surface area contributed by atoms with Crippen LogP contribution >= 0.6 is 0 Å². The van der Waals surface area contributed by atoms with Gasteiger partial charge in [0, 0.05) is 23.7 Å². The Bertz CT molecular complexity index is 990. The highest BCUT2D eigenvalue weighted by Gasteiger charge is 2.58. The predicted molar refractivity (Wildman–Crippen MR) is 169 cm³/mol. The van der Waals surface area contributed by atoms with Gasteiger partial charge in [-0.25, -0.2) is 0 Å². The molecule has 0 bridgehead atoms. The van der Waals surface area contributed by atoms with Gasteiger partial charge in [0.05, 0.1) is 5.60 Å². The van der Waals surface area contributed by atoms with Crippen molar-refractivity contribution in [2.45, 2.75) is 156 Å². The quantitative estimate of drug-likeness (QED) is 0.312. The molecule has 8 aliphatic rings. The molecule has 0 aromatic rings. The fraction of sp³-hybridized carbons (Fsp3) is 0.949. The molecule has 0 spiro atoms. The number of carbonyl (C=O) groups excluding carboxylic acids is 2. The monoisotopic (exact) mass is 578 g/mol. The smallest absolute Gasteiger partial charge is 0.139 e. The average molecular weight is 579 g/mol. The van der Waals surface area contributed by atoms with Crippen molar-refractivity contribution in [3.63, 3.8) is 0 Å². The highest BCUT2D eigenvalue weighted by Crippen LogP contribution is 2.63. The Balaban J connectivity index is 0.000000137. The zero-order chi connectivity index (χ0) is 29.7. The van der Waals surface area contributed by atoms with E-state index in [2.05, 4.69) is 27.7 Å². The summed E-state index contributed by atoms with van der Waals surface area (Å²) in [6, 6.07) is 0. The largest absolute Gasteiger partial charge is 0.390 e. The lowest BCUT2D eigenvalue weighted by molar-refractivity contribution is -0.135. The molecule has 13 atom stereocenters. The Labute approximate surface area is 257 Å². The van der Waals surface area contributed by atoms with E-state index in [9.17, 15) is 14.7 Å². The van der Waals surface area contributed by atoms with Crippen molar-refractivity contribution in [3.05, 3.63) is 0 Å². The van der Waals surface area contributed by atoms with Crippen LogP contribution in [-0.4, -0.2) is 22.3 Å². The van der Waals surface area contributed by atoms with Crippen molar-refractivity contribution >= 4 is 11.6 Å². The number of aliphatic hydroxyl groups is 1. The van der Waals surface area contributed by atoms with Crippen molar-refractivity contribution in [2.75, 3.05) is 0 Å². The first-order chi connectivity index (χ1) is 19.8. The van der Waals surface area contributed by atoms with E-state index in [4.69, 9.17) is 0 Å². The molecule has 0 heterocycles. The number of hydrogen-bond donors (Lipinski definition) is 1. The van der Waals surface area contributed by atoms with Crippen molar-refractivity contribution in [1.82, 2.24) is 0 Å². The highest BCUT2D eigenvalue weighted by atomic mass is 16.3. The summed E-state index contributed by atoms with van der Waals surface area (Å²) < 4.78 is 0. The number of ketones is 2. The molecule has 3 heteroatoms. The fourth-order valence-corrected chi connectivity index (χ4v) is 13.9. The van der Waals surface area contributed by atoms with E-state index in [0.717, 1.165) is 91.8 Å². The maximum atomic E-state index is 12.4. The zero-order valence-electron chi connectivity index (χ0n) is 27.8. The third-order valence-corrected chi connectivity index (χ3v) is 16.1. The third-order valence-electron chi connectivity index (χ3n) is 16.1. The maximum Gasteiger partial charge on any atom is 0.139 e. The molecule has 236 valence electrons. The van der Waals surface area contributed by atoms with E-state index in [1.54, 1.807) is 0 Å². The van der Waals surface area contributed by atoms with E-state index in [1.807, 2.05) is 6.92 Å². The van der Waals surface area contributed by atoms with Crippen molar-refractivity contribution in [2.24, 2.45) is 75.4 Å². The molecule has 8 rings (SSSR count). The Hall–Kier alpha value is -0.700. The first kappa shape index (κ1) is 30.0. The van der Waals surface area contributed by atoms with Crippen LogP contribution in [0.15, 0.2) is 0 Å². The lowest BCUT2D eigenvalue weighted by Gasteiger charge is -2.56. The Morgan fingerprint density at radius 1 is 0.500 bits per heavy atom. The van der Waals surface area contributed by atoms with Gasteiger partial charge in [-0.3, -0.25) is 9.59 Å². The molecule has 0 aromatic carbocycles. The Morgan fingerprint density at radius 2 is 0.952 bits per heavy atom. The number of carbonyl (C=O) groups is 2. The van der Waals surface area contributed by atoms with Crippen molar-refractivity contribution < 1.29 is 14.7 Å². The van der Waals surface area contributed by atoms with Crippen LogP contribution in [0.2, 0.25) is 0 Å². The fourth-order valence-electron chi connectivity index (χ4n) is 13.9. The molecule has 0 aliphatic heterocycles. The molecule has 8 fully saturated rings. The summed E-state index contributed by atoms with van der Waals surface area (Å²) in [6.45, 7) is 11.6. The predicted octanol–water partition coefficient (Wildman–Crippen LogP) is 9.19. The van der Waals surface area contributed by atoms with Gasteiger partial charge < -0.3 is 5.11 Å². The van der Waals surface area contributed by atoms with Gasteiger partial charge in [0.25, 0.3) is 0 Å². The van der Waals surface area contributed by atoms with Crippen LogP contribution in [0.1, 0.15) is 150 Å². The second kappa shape index (κ2) is 10.4. The number of hydrogen-bond acceptors (Lipinski definition) is 3. The van der Waals surface area contributed by atoms with Crippen LogP contribution in [-0.2, 0) is 9.59 Å². The average Bonchev–Trinajstić information content (AvgIpc) is 3.42. The first-order valence-electron chi connectivity index (χ1n) is 18.6. The lowest BCUT2D eigenvalue weighted by atomic mass is 9.49. The van der Waals surface area contributed by atoms with Crippen molar-refractivity contribution in [3.8, 4) is 0 Å². The van der Waals surface area contributed by atoms with Gasteiger partial charge in [-0.15, -0.1) is 0 Å². The summed E-state index contributed by atoms with van der Waals surface area (Å²) in [7, 11) is 0. The van der Waals surface area contributed by atoms with E-state index < -0.39 is 5.60 Å². The number of fused-ring (bicyclic) bond motifs is 10. The van der Waals surface area contributed by atoms with E-state index in [-0.39, 0.29) is 10.8 Å². The standard InChI is InChI=1S/C20H32O.C19H30O2/c1-19(2)10-8-14-13(12-19)4-5-16-15(14)9-11-20(3)17(16)6-7-18(20)21;1-18(21)9-7-13-12(11-18)3-4-15-14(13)8-10-19(2)16(15)5-6-17(19)20/h13-17H,4-12H2,1-3H3;12-16,21H,3-11H2,1-2H3/t13-,14+,15-,16-,17+,20+;12-,13+,14-,15-,16+,18-,19+/m11/s1. The van der Waals surface area contributed by atoms with Gasteiger partial charge in [0.1, 0.15) is 11.6 Å². The first-order valence-corrected chi connectivity index (χ1v) is 18.6. The van der Waals surface area contributed by atoms with Crippen LogP contribution < -0.4 is 0 Å². The molecule has 0 unspecified atom stereocenters. The van der Waals surface area contributed by atoms with Crippen LogP contribution in [0.25, 0.3) is 0 Å². The SMILES string of the molecule is CC1(C)CC[C@H]2[C@H](CC[C@@H]3[C@@H]2CC[C@]2(C)C(=O)CC[C@@H]32)C1.C[C@@]1(O)CC[C@H]2[C@H](CC[C@@H]3[C@@H]2CC[C@]2(C)C(=O)CC[C@@H]32)C1. The minimum atomic E-state index is -0.416. The van der Waals surface area contributed by atoms with Gasteiger partial charge in [0.15, 0.2) is 0 Å². The molecule has 0 amide bonds. The van der Waals surface area contributed by atoms with Gasteiger partial charge >= 0.3 is 0 Å². The topological polar surface area (TPSA) is 54.4 Å². The van der Waals surface area contributed by atoms with Crippen LogP contribution in [0, 0.1) is 75.4 Å². The minimum absolute atomic E-state index is 0.0220. The molecule has 8 saturated carbocycles. The second-order valence-electron chi connectivity index (χ2n) is 18.9. The molecular weight excluding hydrogens is 516 g/mol. The molecule has 0 radical (unpaired) electrons. The van der Waals surface area contributed by atoms with Gasteiger partial charge in [0.2, 0.25) is 0 Å². The number of Topliss-reactive ketones (excluding diaryl/α,β-unsaturated/α-hetero) is 2. The Kier molecular flexibility index (Phi) is 7.44. The zero-order valence-corrected chi connectivity index (χ0v) is 27.8. The lowest BCUT2D eigenvalue weighted by Crippen LogP contribution is -2.50. The summed E-state index contributed by atoms with van der Waals surface area (Å²) >= 11 is 0. The summed E-state index contributed by atoms with van der Waals surface area (Å²) in [5.41, 5.74) is 0.261. The van der Waals surface area contributed by atoms with Crippen LogP contribution in [0.5, 0.6) is 0 Å². The summed E-state index contributed by atoms with van der Waals surface area (Å²) in [5, 5.41) is 10.4.